The molecule has 0 heterocycles. The molecule has 0 radical (unpaired) electrons. The number of carbonyl (C=O) groups excluding carboxylic acids is 2. The van der Waals surface area contributed by atoms with Gasteiger partial charge in [-0.1, -0.05) is 78.4 Å². The van der Waals surface area contributed by atoms with Crippen LogP contribution in [0.4, 0.5) is 10.1 Å². The van der Waals surface area contributed by atoms with E-state index in [0.717, 1.165) is 15.4 Å². The molecule has 0 aromatic heterocycles. The average Bonchev–Trinajstić information content (AvgIpc) is 3.10. The van der Waals surface area contributed by atoms with Crippen molar-refractivity contribution in [3.05, 3.63) is 156 Å². The van der Waals surface area contributed by atoms with Gasteiger partial charge in [0.15, 0.2) is 0 Å². The van der Waals surface area contributed by atoms with Crippen LogP contribution in [0.5, 0.6) is 11.5 Å². The first-order valence-electron chi connectivity index (χ1n) is 15.4. The van der Waals surface area contributed by atoms with Gasteiger partial charge in [0, 0.05) is 20.0 Å². The highest BCUT2D eigenvalue weighted by molar-refractivity contribution is 7.92. The van der Waals surface area contributed by atoms with Crippen molar-refractivity contribution in [1.29, 1.82) is 0 Å². The number of ether oxygens (including phenoxy) is 1. The third-order valence-corrected chi connectivity index (χ3v) is 9.56. The number of nitrogens with one attached hydrogen (secondary N) is 1. The zero-order chi connectivity index (χ0) is 34.1. The SMILES string of the molecule is CNC(=O)C(Cc1ccccc1)N(Cc1ccc(F)cc1)C(=O)CN(c1ccc(Oc2ccccc2)cc1)S(=O)(=O)c1ccc(C)cc1. The van der Waals surface area contributed by atoms with Gasteiger partial charge in [-0.3, -0.25) is 13.9 Å². The zero-order valence-electron chi connectivity index (χ0n) is 26.6. The number of anilines is 1. The van der Waals surface area contributed by atoms with E-state index in [1.54, 1.807) is 48.5 Å². The van der Waals surface area contributed by atoms with Crippen LogP contribution in [0.1, 0.15) is 16.7 Å². The Morgan fingerprint density at radius 3 is 1.94 bits per heavy atom. The highest BCUT2D eigenvalue weighted by atomic mass is 32.2. The van der Waals surface area contributed by atoms with Crippen molar-refractivity contribution in [2.75, 3.05) is 17.9 Å². The molecule has 0 saturated heterocycles. The summed E-state index contributed by atoms with van der Waals surface area (Å²) in [6, 6.07) is 35.8. The second kappa shape index (κ2) is 15.4. The summed E-state index contributed by atoms with van der Waals surface area (Å²) in [5, 5.41) is 2.65. The minimum absolute atomic E-state index is 0.00253. The summed E-state index contributed by atoms with van der Waals surface area (Å²) in [5.74, 6) is -0.406. The van der Waals surface area contributed by atoms with Crippen LogP contribution in [0, 0.1) is 12.7 Å². The van der Waals surface area contributed by atoms with Gasteiger partial charge in [0.2, 0.25) is 11.8 Å². The molecule has 8 nitrogen and oxygen atoms in total. The molecule has 1 N–H and O–H groups in total. The molecule has 2 amide bonds. The Morgan fingerprint density at radius 2 is 1.33 bits per heavy atom. The van der Waals surface area contributed by atoms with Crippen LogP contribution >= 0.6 is 0 Å². The van der Waals surface area contributed by atoms with Gasteiger partial charge in [-0.25, -0.2) is 12.8 Å². The number of benzene rings is 5. The maximum Gasteiger partial charge on any atom is 0.264 e. The van der Waals surface area contributed by atoms with E-state index < -0.39 is 40.2 Å². The molecule has 0 aliphatic heterocycles. The molecule has 5 rings (SSSR count). The molecule has 0 bridgehead atoms. The number of nitrogens with zero attached hydrogens (tertiary/aromatic N) is 2. The molecule has 1 atom stereocenters. The molecule has 246 valence electrons. The van der Waals surface area contributed by atoms with Gasteiger partial charge in [-0.2, -0.15) is 0 Å². The molecule has 0 aliphatic rings. The van der Waals surface area contributed by atoms with E-state index >= 15 is 0 Å². The van der Waals surface area contributed by atoms with Crippen LogP contribution in [0.2, 0.25) is 0 Å². The lowest BCUT2D eigenvalue weighted by Gasteiger charge is -2.33. The number of carbonyl (C=O) groups is 2. The van der Waals surface area contributed by atoms with Crippen molar-refractivity contribution in [2.45, 2.75) is 30.8 Å². The van der Waals surface area contributed by atoms with Crippen molar-refractivity contribution < 1.29 is 27.1 Å². The molecule has 0 spiro atoms. The van der Waals surface area contributed by atoms with E-state index in [2.05, 4.69) is 5.32 Å². The second-order valence-electron chi connectivity index (χ2n) is 11.2. The summed E-state index contributed by atoms with van der Waals surface area (Å²) in [4.78, 5) is 29.2. The number of hydrogen-bond acceptors (Lipinski definition) is 5. The Hall–Kier alpha value is -5.48. The first-order chi connectivity index (χ1) is 23.1. The predicted molar refractivity (Wildman–Crippen MR) is 184 cm³/mol. The molecule has 0 aliphatic carbocycles. The Bertz CT molecular complexity index is 1920. The number of sulfonamides is 1. The van der Waals surface area contributed by atoms with Gasteiger partial charge < -0.3 is 15.0 Å². The lowest BCUT2D eigenvalue weighted by atomic mass is 10.0. The van der Waals surface area contributed by atoms with Gasteiger partial charge in [-0.05, 0) is 78.7 Å². The van der Waals surface area contributed by atoms with Crippen molar-refractivity contribution in [1.82, 2.24) is 10.2 Å². The molecule has 5 aromatic rings. The third-order valence-electron chi connectivity index (χ3n) is 7.78. The minimum Gasteiger partial charge on any atom is -0.457 e. The minimum atomic E-state index is -4.27. The van der Waals surface area contributed by atoms with Crippen molar-refractivity contribution >= 4 is 27.5 Å². The molecule has 1 unspecified atom stereocenters. The molecule has 10 heteroatoms. The average molecular weight is 666 g/mol. The lowest BCUT2D eigenvalue weighted by molar-refractivity contribution is -0.139. The van der Waals surface area contributed by atoms with Crippen LogP contribution < -0.4 is 14.4 Å². The Balaban J connectivity index is 1.54. The third kappa shape index (κ3) is 8.45. The number of likely N-dealkylation sites (N-methyl/N-ethyl adjacent to an activating group) is 1. The normalized spacial score (nSPS) is 11.7. The Labute approximate surface area is 280 Å². The van der Waals surface area contributed by atoms with Crippen LogP contribution in [0.25, 0.3) is 0 Å². The summed E-state index contributed by atoms with van der Waals surface area (Å²) in [7, 11) is -2.78. The van der Waals surface area contributed by atoms with Crippen LogP contribution in [-0.2, 0) is 32.6 Å². The molecule has 0 fully saturated rings. The summed E-state index contributed by atoms with van der Waals surface area (Å²) < 4.78 is 49.2. The van der Waals surface area contributed by atoms with E-state index in [0.29, 0.717) is 17.1 Å². The van der Waals surface area contributed by atoms with Gasteiger partial charge in [0.1, 0.15) is 29.9 Å². The molecule has 48 heavy (non-hydrogen) atoms. The quantitative estimate of drug-likeness (QED) is 0.155. The lowest BCUT2D eigenvalue weighted by Crippen LogP contribution is -2.53. The molecular formula is C38H36FN3O5S. The summed E-state index contributed by atoms with van der Waals surface area (Å²) in [5.41, 5.74) is 2.48. The number of amides is 2. The van der Waals surface area contributed by atoms with Crippen molar-refractivity contribution in [2.24, 2.45) is 0 Å². The van der Waals surface area contributed by atoms with E-state index in [-0.39, 0.29) is 23.5 Å². The number of hydrogen-bond donors (Lipinski definition) is 1. The van der Waals surface area contributed by atoms with Crippen molar-refractivity contribution in [3.63, 3.8) is 0 Å². The van der Waals surface area contributed by atoms with Gasteiger partial charge in [0.05, 0.1) is 10.6 Å². The highest BCUT2D eigenvalue weighted by Crippen LogP contribution is 2.29. The molecule has 5 aromatic carbocycles. The maximum absolute atomic E-state index is 14.4. The van der Waals surface area contributed by atoms with E-state index in [1.165, 1.54) is 48.3 Å². The fourth-order valence-corrected chi connectivity index (χ4v) is 6.59. The number of para-hydroxylation sites is 1. The summed E-state index contributed by atoms with van der Waals surface area (Å²) >= 11 is 0. The highest BCUT2D eigenvalue weighted by Gasteiger charge is 2.34. The zero-order valence-corrected chi connectivity index (χ0v) is 27.4. The number of aryl methyl sites for hydroxylation is 1. The predicted octanol–water partition coefficient (Wildman–Crippen LogP) is 6.51. The van der Waals surface area contributed by atoms with Gasteiger partial charge in [0.25, 0.3) is 10.0 Å². The first kappa shape index (κ1) is 33.9. The second-order valence-corrected chi connectivity index (χ2v) is 13.1. The first-order valence-corrected chi connectivity index (χ1v) is 16.8. The molecule has 0 saturated carbocycles. The Morgan fingerprint density at radius 1 is 0.750 bits per heavy atom. The fourth-order valence-electron chi connectivity index (χ4n) is 5.18. The van der Waals surface area contributed by atoms with Gasteiger partial charge >= 0.3 is 0 Å². The smallest absolute Gasteiger partial charge is 0.264 e. The number of halogens is 1. The van der Waals surface area contributed by atoms with E-state index in [1.807, 2.05) is 55.5 Å². The number of rotatable bonds is 13. The van der Waals surface area contributed by atoms with Crippen LogP contribution in [0.3, 0.4) is 0 Å². The standard InChI is InChI=1S/C38H36FN3O5S/c1-28-13-23-35(24-14-28)48(45,46)42(32-19-21-34(22-20-32)47-33-11-7-4-8-12-33)27-37(43)41(26-30-15-17-31(39)18-16-30)36(38(44)40-2)25-29-9-5-3-6-10-29/h3-24,36H,25-27H2,1-2H3,(H,40,44). The summed E-state index contributed by atoms with van der Waals surface area (Å²) in [6.07, 6.45) is 0.170. The van der Waals surface area contributed by atoms with Crippen LogP contribution in [-0.4, -0.2) is 44.8 Å². The van der Waals surface area contributed by atoms with E-state index in [9.17, 15) is 22.4 Å². The Kier molecular flexibility index (Phi) is 10.9. The maximum atomic E-state index is 14.4. The van der Waals surface area contributed by atoms with Gasteiger partial charge in [-0.15, -0.1) is 0 Å². The largest absolute Gasteiger partial charge is 0.457 e. The topological polar surface area (TPSA) is 96.0 Å². The monoisotopic (exact) mass is 665 g/mol. The van der Waals surface area contributed by atoms with E-state index in [4.69, 9.17) is 4.74 Å². The fraction of sp³-hybridized carbons (Fsp3) is 0.158. The molecular weight excluding hydrogens is 629 g/mol. The van der Waals surface area contributed by atoms with Crippen molar-refractivity contribution in [3.8, 4) is 11.5 Å². The van der Waals surface area contributed by atoms with Crippen LogP contribution in [0.15, 0.2) is 138 Å². The summed E-state index contributed by atoms with van der Waals surface area (Å²) in [6.45, 7) is 1.17.